The predicted octanol–water partition coefficient (Wildman–Crippen LogP) is 1.43. The number of benzene rings is 1. The Bertz CT molecular complexity index is 1320. The van der Waals surface area contributed by atoms with E-state index in [9.17, 15) is 14.0 Å². The topological polar surface area (TPSA) is 128 Å². The number of imidazole rings is 1. The number of anilines is 1. The number of hydrogen-bond acceptors (Lipinski definition) is 7. The smallest absolute Gasteiger partial charge is 0.330 e. The Morgan fingerprint density at radius 3 is 2.74 bits per heavy atom. The Hall–Kier alpha value is -3.83. The molecule has 0 saturated heterocycles. The van der Waals surface area contributed by atoms with Gasteiger partial charge in [-0.25, -0.2) is 18.9 Å². The maximum absolute atomic E-state index is 14.4. The van der Waals surface area contributed by atoms with E-state index in [0.29, 0.717) is 35.8 Å². The molecule has 4 aromatic rings. The average molecular weight is 427 g/mol. The van der Waals surface area contributed by atoms with Crippen LogP contribution in [0.2, 0.25) is 0 Å². The molecular weight excluding hydrogens is 405 g/mol. The van der Waals surface area contributed by atoms with Crippen LogP contribution in [0.15, 0.2) is 34.1 Å². The zero-order chi connectivity index (χ0) is 22.0. The highest BCUT2D eigenvalue weighted by molar-refractivity contribution is 5.71. The van der Waals surface area contributed by atoms with Gasteiger partial charge in [-0.3, -0.25) is 14.3 Å². The molecule has 0 bridgehead atoms. The third-order valence-electron chi connectivity index (χ3n) is 5.02. The molecule has 11 nitrogen and oxygen atoms in total. The van der Waals surface area contributed by atoms with E-state index in [1.807, 2.05) is 13.8 Å². The number of hydrogen-bond donors (Lipinski definition) is 2. The lowest BCUT2D eigenvalue weighted by molar-refractivity contribution is 0.613. The fourth-order valence-corrected chi connectivity index (χ4v) is 3.46. The first-order chi connectivity index (χ1) is 15.0. The number of H-pyrrole nitrogens is 1. The fraction of sp³-hybridized carbons (Fsp3) is 0.368. The van der Waals surface area contributed by atoms with Gasteiger partial charge in [-0.05, 0) is 42.0 Å². The second-order valence-corrected chi connectivity index (χ2v) is 6.98. The van der Waals surface area contributed by atoms with Crippen LogP contribution in [-0.2, 0) is 19.6 Å². The van der Waals surface area contributed by atoms with E-state index in [-0.39, 0.29) is 12.2 Å². The van der Waals surface area contributed by atoms with E-state index in [4.69, 9.17) is 0 Å². The van der Waals surface area contributed by atoms with Gasteiger partial charge in [0.1, 0.15) is 18.0 Å². The molecule has 0 aliphatic rings. The van der Waals surface area contributed by atoms with E-state index >= 15 is 0 Å². The van der Waals surface area contributed by atoms with Crippen molar-refractivity contribution in [3.05, 3.63) is 57.0 Å². The zero-order valence-electron chi connectivity index (χ0n) is 17.2. The van der Waals surface area contributed by atoms with E-state index in [0.717, 1.165) is 12.8 Å². The molecule has 31 heavy (non-hydrogen) atoms. The lowest BCUT2D eigenvalue weighted by Gasteiger charge is -2.10. The normalized spacial score (nSPS) is 11.3. The quantitative estimate of drug-likeness (QED) is 0.435. The summed E-state index contributed by atoms with van der Waals surface area (Å²) in [5.74, 6) is 0.0692. The van der Waals surface area contributed by atoms with Crippen LogP contribution in [0.1, 0.15) is 32.5 Å². The summed E-state index contributed by atoms with van der Waals surface area (Å²) in [6.45, 7) is 4.98. The van der Waals surface area contributed by atoms with Gasteiger partial charge in [0.05, 0.1) is 17.9 Å². The standard InChI is InChI=1S/C19H22FN9O2/c1-3-5-8-28-17-16(18(30)24-19(28)31)27(4-2)15(23-17)10-21-14-9-12(6-7-13(14)20)29-11-22-25-26-29/h6-7,9,11,21H,3-5,8,10H2,1-2H3,(H,24,30,31). The molecule has 4 rings (SSSR count). The van der Waals surface area contributed by atoms with Crippen molar-refractivity contribution in [3.63, 3.8) is 0 Å². The number of nitrogens with zero attached hydrogens (tertiary/aromatic N) is 7. The first kappa shape index (κ1) is 20.4. The van der Waals surface area contributed by atoms with Gasteiger partial charge in [-0.1, -0.05) is 13.3 Å². The number of aromatic nitrogens is 8. The zero-order valence-corrected chi connectivity index (χ0v) is 17.2. The Morgan fingerprint density at radius 1 is 1.19 bits per heavy atom. The molecule has 3 heterocycles. The summed E-state index contributed by atoms with van der Waals surface area (Å²) in [5, 5.41) is 14.0. The van der Waals surface area contributed by atoms with Gasteiger partial charge >= 0.3 is 5.69 Å². The van der Waals surface area contributed by atoms with Crippen LogP contribution in [-0.4, -0.2) is 39.3 Å². The lowest BCUT2D eigenvalue weighted by Crippen LogP contribution is -2.31. The molecule has 0 aliphatic carbocycles. The monoisotopic (exact) mass is 427 g/mol. The maximum Gasteiger partial charge on any atom is 0.330 e. The largest absolute Gasteiger partial charge is 0.375 e. The molecule has 3 aromatic heterocycles. The van der Waals surface area contributed by atoms with Crippen molar-refractivity contribution in [2.75, 3.05) is 5.32 Å². The van der Waals surface area contributed by atoms with Gasteiger partial charge in [0.2, 0.25) is 0 Å². The van der Waals surface area contributed by atoms with Crippen molar-refractivity contribution in [2.24, 2.45) is 0 Å². The number of nitrogens with one attached hydrogen (secondary N) is 2. The first-order valence-electron chi connectivity index (χ1n) is 10.0. The SMILES string of the molecule is CCCCn1c(=O)[nH]c(=O)c2c1nc(CNc1cc(-n3cnnn3)ccc1F)n2CC. The second-order valence-electron chi connectivity index (χ2n) is 6.98. The minimum Gasteiger partial charge on any atom is -0.375 e. The Balaban J connectivity index is 1.71. The van der Waals surface area contributed by atoms with E-state index in [1.54, 1.807) is 16.7 Å². The van der Waals surface area contributed by atoms with Crippen LogP contribution < -0.4 is 16.6 Å². The van der Waals surface area contributed by atoms with Gasteiger partial charge in [-0.2, -0.15) is 0 Å². The van der Waals surface area contributed by atoms with Crippen molar-refractivity contribution in [3.8, 4) is 5.69 Å². The lowest BCUT2D eigenvalue weighted by atomic mass is 10.2. The Kier molecular flexibility index (Phi) is 5.60. The molecule has 0 spiro atoms. The van der Waals surface area contributed by atoms with Gasteiger partial charge in [0, 0.05) is 13.1 Å². The molecule has 0 aliphatic heterocycles. The van der Waals surface area contributed by atoms with Crippen molar-refractivity contribution in [1.82, 2.24) is 39.3 Å². The molecule has 0 atom stereocenters. The number of aryl methyl sites for hydroxylation is 2. The van der Waals surface area contributed by atoms with Crippen LogP contribution in [0.25, 0.3) is 16.9 Å². The molecule has 162 valence electrons. The summed E-state index contributed by atoms with van der Waals surface area (Å²) in [6.07, 6.45) is 3.09. The summed E-state index contributed by atoms with van der Waals surface area (Å²) in [4.78, 5) is 31.7. The molecular formula is C19H22FN9O2. The van der Waals surface area contributed by atoms with Crippen LogP contribution in [0.5, 0.6) is 0 Å². The van der Waals surface area contributed by atoms with Crippen molar-refractivity contribution >= 4 is 16.9 Å². The summed E-state index contributed by atoms with van der Waals surface area (Å²) in [5.41, 5.74) is 0.524. The number of halogens is 1. The number of tetrazole rings is 1. The van der Waals surface area contributed by atoms with Gasteiger partial charge in [0.15, 0.2) is 11.2 Å². The summed E-state index contributed by atoms with van der Waals surface area (Å²) < 4.78 is 19.0. The summed E-state index contributed by atoms with van der Waals surface area (Å²) >= 11 is 0. The molecule has 0 amide bonds. The van der Waals surface area contributed by atoms with Crippen molar-refractivity contribution in [1.29, 1.82) is 0 Å². The predicted molar refractivity (Wildman–Crippen MR) is 112 cm³/mol. The van der Waals surface area contributed by atoms with Crippen LogP contribution in [0, 0.1) is 5.82 Å². The maximum atomic E-state index is 14.4. The molecule has 0 radical (unpaired) electrons. The molecule has 0 saturated carbocycles. The number of fused-ring (bicyclic) bond motifs is 1. The van der Waals surface area contributed by atoms with Crippen LogP contribution in [0.4, 0.5) is 10.1 Å². The van der Waals surface area contributed by atoms with Gasteiger partial charge < -0.3 is 9.88 Å². The van der Waals surface area contributed by atoms with E-state index in [1.165, 1.54) is 21.6 Å². The Labute approximate surface area is 175 Å². The number of rotatable bonds is 8. The van der Waals surface area contributed by atoms with Crippen molar-refractivity contribution in [2.45, 2.75) is 46.3 Å². The highest BCUT2D eigenvalue weighted by atomic mass is 19.1. The molecule has 2 N–H and O–H groups in total. The third-order valence-corrected chi connectivity index (χ3v) is 5.02. The minimum absolute atomic E-state index is 0.153. The van der Waals surface area contributed by atoms with Crippen LogP contribution in [0.3, 0.4) is 0 Å². The molecule has 12 heteroatoms. The number of unbranched alkanes of at least 4 members (excludes halogenated alkanes) is 1. The highest BCUT2D eigenvalue weighted by Crippen LogP contribution is 2.20. The average Bonchev–Trinajstić information content (AvgIpc) is 3.41. The summed E-state index contributed by atoms with van der Waals surface area (Å²) in [7, 11) is 0. The van der Waals surface area contributed by atoms with Crippen molar-refractivity contribution < 1.29 is 4.39 Å². The molecule has 1 aromatic carbocycles. The van der Waals surface area contributed by atoms with E-state index in [2.05, 4.69) is 30.8 Å². The molecule has 0 fully saturated rings. The highest BCUT2D eigenvalue weighted by Gasteiger charge is 2.18. The summed E-state index contributed by atoms with van der Waals surface area (Å²) in [6, 6.07) is 4.45. The van der Waals surface area contributed by atoms with E-state index < -0.39 is 17.1 Å². The molecule has 0 unspecified atom stereocenters. The van der Waals surface area contributed by atoms with Gasteiger partial charge in [0.25, 0.3) is 5.56 Å². The van der Waals surface area contributed by atoms with Crippen LogP contribution >= 0.6 is 0 Å². The first-order valence-corrected chi connectivity index (χ1v) is 10.0. The van der Waals surface area contributed by atoms with Gasteiger partial charge in [-0.15, -0.1) is 5.10 Å². The Morgan fingerprint density at radius 2 is 2.03 bits per heavy atom. The second kappa shape index (κ2) is 8.50. The fourth-order valence-electron chi connectivity index (χ4n) is 3.46. The number of aromatic amines is 1. The minimum atomic E-state index is -0.486. The third kappa shape index (κ3) is 3.83.